The maximum absolute atomic E-state index is 2.50. The largest absolute Gasteiger partial charge is 0.310 e. The third-order valence-corrected chi connectivity index (χ3v) is 17.8. The van der Waals surface area contributed by atoms with E-state index in [-0.39, 0.29) is 0 Å². The highest BCUT2D eigenvalue weighted by molar-refractivity contribution is 6.21. The first-order valence-electron chi connectivity index (χ1n) is 28.2. The number of fused-ring (bicyclic) bond motifs is 16. The second-order valence-electron chi connectivity index (χ2n) is 21.8. The molecule has 1 aromatic heterocycles. The lowest BCUT2D eigenvalue weighted by molar-refractivity contribution is 0.792. The summed E-state index contributed by atoms with van der Waals surface area (Å²) in [7, 11) is 0. The topological polar surface area (TPSA) is 8.17 Å². The molecule has 0 amide bonds. The van der Waals surface area contributed by atoms with Gasteiger partial charge in [-0.15, -0.1) is 0 Å². The minimum Gasteiger partial charge on any atom is -0.310 e. The number of aromatic nitrogens is 1. The van der Waals surface area contributed by atoms with E-state index >= 15 is 0 Å². The fourth-order valence-corrected chi connectivity index (χ4v) is 14.4. The lowest BCUT2D eigenvalue weighted by Gasteiger charge is -2.30. The lowest BCUT2D eigenvalue weighted by Crippen LogP contribution is -2.26. The maximum Gasteiger partial charge on any atom is 0.0726 e. The summed E-state index contributed by atoms with van der Waals surface area (Å²) in [6.45, 7) is 0. The molecule has 0 N–H and O–H groups in total. The Labute approximate surface area is 470 Å². The van der Waals surface area contributed by atoms with Crippen molar-refractivity contribution in [2.24, 2.45) is 0 Å². The third-order valence-electron chi connectivity index (χ3n) is 17.8. The molecule has 2 aliphatic carbocycles. The van der Waals surface area contributed by atoms with Crippen molar-refractivity contribution >= 4 is 71.2 Å². The first-order valence-corrected chi connectivity index (χ1v) is 28.2. The van der Waals surface area contributed by atoms with Crippen molar-refractivity contribution in [2.75, 3.05) is 4.90 Å². The Hall–Kier alpha value is -10.5. The van der Waals surface area contributed by atoms with Gasteiger partial charge in [-0.05, 0) is 171 Å². The van der Waals surface area contributed by atoms with Crippen molar-refractivity contribution in [2.45, 2.75) is 5.41 Å². The van der Waals surface area contributed by atoms with Gasteiger partial charge >= 0.3 is 0 Å². The van der Waals surface area contributed by atoms with E-state index in [0.29, 0.717) is 0 Å². The molecule has 0 atom stereocenters. The molecule has 0 radical (unpaired) electrons. The maximum atomic E-state index is 2.50. The van der Waals surface area contributed by atoms with E-state index in [4.69, 9.17) is 0 Å². The van der Waals surface area contributed by atoms with E-state index < -0.39 is 5.41 Å². The molecule has 17 rings (SSSR count). The SMILES string of the molecule is c1ccc(-c2c3ccccc3c(-c3ccc(N(c4ccc(-c5cccc6ccccc56)cc4)c4ccc5c(c4)c4ccccc4n5-c4ccc5c(c4)C4(c6ccccc6-c6ccccc64)c4ccccc4-5)cc3)c3ccccc23)cc1. The molecule has 1 heterocycles. The second-order valence-corrected chi connectivity index (χ2v) is 21.8. The van der Waals surface area contributed by atoms with Crippen molar-refractivity contribution in [1.29, 1.82) is 0 Å². The Bertz CT molecular complexity index is 4920. The van der Waals surface area contributed by atoms with E-state index in [2.05, 4.69) is 313 Å². The van der Waals surface area contributed by atoms with Crippen LogP contribution in [-0.2, 0) is 5.41 Å². The summed E-state index contributed by atoms with van der Waals surface area (Å²) in [5, 5.41) is 9.88. The molecule has 15 aromatic rings. The first-order chi connectivity index (χ1) is 40.2. The minimum atomic E-state index is -0.438. The number of benzene rings is 14. The highest BCUT2D eigenvalue weighted by Crippen LogP contribution is 2.63. The summed E-state index contributed by atoms with van der Waals surface area (Å²) < 4.78 is 2.49. The van der Waals surface area contributed by atoms with Crippen LogP contribution in [0.25, 0.3) is 115 Å². The predicted octanol–water partition coefficient (Wildman–Crippen LogP) is 21.1. The smallest absolute Gasteiger partial charge is 0.0726 e. The van der Waals surface area contributed by atoms with E-state index in [9.17, 15) is 0 Å². The molecule has 2 nitrogen and oxygen atoms in total. The summed E-state index contributed by atoms with van der Waals surface area (Å²) >= 11 is 0. The summed E-state index contributed by atoms with van der Waals surface area (Å²) in [6, 6.07) is 113. The fraction of sp³-hybridized carbons (Fsp3) is 0.0127. The van der Waals surface area contributed by atoms with Crippen LogP contribution in [0.15, 0.2) is 303 Å². The van der Waals surface area contributed by atoms with Crippen LogP contribution in [0.5, 0.6) is 0 Å². The van der Waals surface area contributed by atoms with Crippen LogP contribution in [0, 0.1) is 0 Å². The van der Waals surface area contributed by atoms with Crippen molar-refractivity contribution in [3.8, 4) is 61.3 Å². The van der Waals surface area contributed by atoms with Crippen LogP contribution >= 0.6 is 0 Å². The van der Waals surface area contributed by atoms with Crippen molar-refractivity contribution in [3.63, 3.8) is 0 Å². The summed E-state index contributed by atoms with van der Waals surface area (Å²) in [6.07, 6.45) is 0. The average molecular weight is 1030 g/mol. The van der Waals surface area contributed by atoms with Gasteiger partial charge in [-0.25, -0.2) is 0 Å². The zero-order chi connectivity index (χ0) is 53.2. The molecule has 14 aromatic carbocycles. The monoisotopic (exact) mass is 1030 g/mol. The van der Waals surface area contributed by atoms with Gasteiger partial charge in [0.15, 0.2) is 0 Å². The molecule has 0 fully saturated rings. The van der Waals surface area contributed by atoms with Gasteiger partial charge in [-0.3, -0.25) is 0 Å². The molecule has 0 saturated carbocycles. The molecule has 2 heteroatoms. The van der Waals surface area contributed by atoms with Crippen LogP contribution in [0.1, 0.15) is 22.3 Å². The summed E-state index contributed by atoms with van der Waals surface area (Å²) in [5.41, 5.74) is 24.2. The fourth-order valence-electron chi connectivity index (χ4n) is 14.4. The standard InChI is InChI=1S/C79H50N2/c1-2-20-53(21-3-1)77-66-28-6-8-30-68(66)78(69-31-9-7-29-67(69)77)54-39-43-56(44-40-54)80(55-41-37-52(38-42-55)60-32-18-22-51-19-4-5-23-59(51)60)57-46-48-76-70(49-57)65-27-13-17-36-75(65)81(76)58-45-47-64-63-26-12-16-35-73(63)79(74(64)50-58)71-33-14-10-24-61(71)62-25-11-15-34-72(62)79/h1-50H. The zero-order valence-corrected chi connectivity index (χ0v) is 44.3. The van der Waals surface area contributed by atoms with Gasteiger partial charge in [0.25, 0.3) is 0 Å². The quantitative estimate of drug-likeness (QED) is 0.144. The van der Waals surface area contributed by atoms with Crippen molar-refractivity contribution in [1.82, 2.24) is 4.57 Å². The van der Waals surface area contributed by atoms with Crippen LogP contribution in [0.4, 0.5) is 17.1 Å². The molecule has 376 valence electrons. The molecule has 0 aliphatic heterocycles. The van der Waals surface area contributed by atoms with Gasteiger partial charge in [-0.2, -0.15) is 0 Å². The average Bonchev–Trinajstić information content (AvgIpc) is 4.36. The highest BCUT2D eigenvalue weighted by atomic mass is 15.1. The molecule has 0 saturated heterocycles. The molecular weight excluding hydrogens is 977 g/mol. The third kappa shape index (κ3) is 6.62. The first kappa shape index (κ1) is 45.5. The van der Waals surface area contributed by atoms with Gasteiger partial charge in [0.05, 0.1) is 16.4 Å². The van der Waals surface area contributed by atoms with Crippen LogP contribution in [0.3, 0.4) is 0 Å². The van der Waals surface area contributed by atoms with Gasteiger partial charge < -0.3 is 9.47 Å². The number of nitrogens with zero attached hydrogens (tertiary/aromatic N) is 2. The molecular formula is C79H50N2. The van der Waals surface area contributed by atoms with Crippen LogP contribution < -0.4 is 4.90 Å². The Kier molecular flexibility index (Phi) is 9.96. The normalized spacial score (nSPS) is 12.8. The second kappa shape index (κ2) is 17.7. The van der Waals surface area contributed by atoms with E-state index in [1.54, 1.807) is 0 Å². The van der Waals surface area contributed by atoms with Crippen LogP contribution in [-0.4, -0.2) is 4.57 Å². The minimum absolute atomic E-state index is 0.438. The van der Waals surface area contributed by atoms with Gasteiger partial charge in [-0.1, -0.05) is 243 Å². The Morgan fingerprint density at radius 2 is 0.679 bits per heavy atom. The lowest BCUT2D eigenvalue weighted by atomic mass is 9.70. The Morgan fingerprint density at radius 1 is 0.247 bits per heavy atom. The molecule has 1 spiro atoms. The Balaban J connectivity index is 0.840. The van der Waals surface area contributed by atoms with E-state index in [0.717, 1.165) is 28.3 Å². The Morgan fingerprint density at radius 3 is 1.28 bits per heavy atom. The van der Waals surface area contributed by atoms with Gasteiger partial charge in [0, 0.05) is 33.5 Å². The van der Waals surface area contributed by atoms with Crippen molar-refractivity contribution < 1.29 is 0 Å². The predicted molar refractivity (Wildman–Crippen MR) is 341 cm³/mol. The number of hydrogen-bond acceptors (Lipinski definition) is 1. The number of rotatable bonds is 7. The molecule has 0 unspecified atom stereocenters. The molecule has 2 aliphatic rings. The van der Waals surface area contributed by atoms with E-state index in [1.807, 2.05) is 0 Å². The van der Waals surface area contributed by atoms with E-state index in [1.165, 1.54) is 126 Å². The summed E-state index contributed by atoms with van der Waals surface area (Å²) in [4.78, 5) is 2.43. The zero-order valence-electron chi connectivity index (χ0n) is 44.3. The summed E-state index contributed by atoms with van der Waals surface area (Å²) in [5.74, 6) is 0. The van der Waals surface area contributed by atoms with Crippen molar-refractivity contribution in [3.05, 3.63) is 326 Å². The van der Waals surface area contributed by atoms with Gasteiger partial charge in [0.1, 0.15) is 0 Å². The molecule has 0 bridgehead atoms. The molecule has 81 heavy (non-hydrogen) atoms. The van der Waals surface area contributed by atoms with Gasteiger partial charge in [0.2, 0.25) is 0 Å². The number of hydrogen-bond donors (Lipinski definition) is 0. The number of anilines is 3. The number of para-hydroxylation sites is 1. The van der Waals surface area contributed by atoms with Crippen LogP contribution in [0.2, 0.25) is 0 Å². The highest BCUT2D eigenvalue weighted by Gasteiger charge is 2.51.